The maximum Gasteiger partial charge on any atom is 0.206 e. The average Bonchev–Trinajstić information content (AvgIpc) is 2.67. The van der Waals surface area contributed by atoms with Crippen LogP contribution >= 0.6 is 0 Å². The van der Waals surface area contributed by atoms with Crippen LogP contribution in [0.5, 0.6) is 0 Å². The fourth-order valence-corrected chi connectivity index (χ4v) is 2.54. The Morgan fingerprint density at radius 3 is 2.71 bits per heavy atom. The minimum atomic E-state index is -0.221. The summed E-state index contributed by atoms with van der Waals surface area (Å²) < 4.78 is 15.2. The molecule has 0 N–H and O–H groups in total. The molecule has 0 radical (unpaired) electrons. The minimum Gasteiger partial charge on any atom is -0.342 e. The highest BCUT2D eigenvalue weighted by Crippen LogP contribution is 2.24. The maximum absolute atomic E-state index is 13.2. The predicted octanol–water partition coefficient (Wildman–Crippen LogP) is 2.70. The summed E-state index contributed by atoms with van der Waals surface area (Å²) in [6.45, 7) is 2.11. The zero-order chi connectivity index (χ0) is 11.8. The first-order valence-electron chi connectivity index (χ1n) is 6.12. The first-order chi connectivity index (χ1) is 8.25. The van der Waals surface area contributed by atoms with Gasteiger partial charge in [-0.1, -0.05) is 0 Å². The van der Waals surface area contributed by atoms with Gasteiger partial charge >= 0.3 is 0 Å². The molecule has 0 bridgehead atoms. The molecule has 0 amide bonds. The fraction of sp³-hybridized carbons (Fsp3) is 0.462. The van der Waals surface area contributed by atoms with Gasteiger partial charge in [0.15, 0.2) is 0 Å². The van der Waals surface area contributed by atoms with E-state index in [1.165, 1.54) is 31.4 Å². The molecular formula is C13H16FN3. The first kappa shape index (κ1) is 10.6. The van der Waals surface area contributed by atoms with Crippen LogP contribution in [0.25, 0.3) is 11.0 Å². The highest BCUT2D eigenvalue weighted by Gasteiger charge is 2.17. The van der Waals surface area contributed by atoms with Crippen LogP contribution in [0.4, 0.5) is 10.3 Å². The number of benzene rings is 1. The molecule has 1 aromatic heterocycles. The highest BCUT2D eigenvalue weighted by molar-refractivity contribution is 5.78. The van der Waals surface area contributed by atoms with E-state index in [0.717, 1.165) is 30.1 Å². The van der Waals surface area contributed by atoms with E-state index in [9.17, 15) is 4.39 Å². The number of hydrogen-bond donors (Lipinski definition) is 0. The third-order valence-corrected chi connectivity index (χ3v) is 3.46. The number of hydrogen-bond acceptors (Lipinski definition) is 2. The first-order valence-corrected chi connectivity index (χ1v) is 6.12. The standard InChI is InChI=1S/C13H16FN3/c1-16-12-6-5-10(14)9-11(12)15-13(16)17-7-3-2-4-8-17/h5-6,9H,2-4,7-8H2,1H3. The van der Waals surface area contributed by atoms with Crippen LogP contribution in [0.3, 0.4) is 0 Å². The Hall–Kier alpha value is -1.58. The van der Waals surface area contributed by atoms with Gasteiger partial charge in [0.05, 0.1) is 11.0 Å². The molecule has 0 aliphatic carbocycles. The third kappa shape index (κ3) is 1.77. The number of piperidine rings is 1. The third-order valence-electron chi connectivity index (χ3n) is 3.46. The minimum absolute atomic E-state index is 0.221. The van der Waals surface area contributed by atoms with Crippen molar-refractivity contribution in [1.29, 1.82) is 0 Å². The second-order valence-electron chi connectivity index (χ2n) is 4.65. The van der Waals surface area contributed by atoms with Gasteiger partial charge in [-0.3, -0.25) is 0 Å². The van der Waals surface area contributed by atoms with Gasteiger partial charge in [-0.2, -0.15) is 0 Å². The fourth-order valence-electron chi connectivity index (χ4n) is 2.54. The van der Waals surface area contributed by atoms with Crippen LogP contribution < -0.4 is 4.90 Å². The number of aryl methyl sites for hydroxylation is 1. The topological polar surface area (TPSA) is 21.1 Å². The number of rotatable bonds is 1. The molecule has 2 aromatic rings. The Morgan fingerprint density at radius 2 is 1.94 bits per heavy atom. The van der Waals surface area contributed by atoms with Gasteiger partial charge in [-0.05, 0) is 31.4 Å². The van der Waals surface area contributed by atoms with E-state index in [4.69, 9.17) is 0 Å². The maximum atomic E-state index is 13.2. The lowest BCUT2D eigenvalue weighted by Gasteiger charge is -2.27. The van der Waals surface area contributed by atoms with Crippen molar-refractivity contribution in [3.8, 4) is 0 Å². The van der Waals surface area contributed by atoms with Crippen LogP contribution in [0.1, 0.15) is 19.3 Å². The zero-order valence-electron chi connectivity index (χ0n) is 9.99. The molecule has 1 aromatic carbocycles. The van der Waals surface area contributed by atoms with Gasteiger partial charge < -0.3 is 9.47 Å². The van der Waals surface area contributed by atoms with Crippen molar-refractivity contribution in [3.63, 3.8) is 0 Å². The summed E-state index contributed by atoms with van der Waals surface area (Å²) in [7, 11) is 2.00. The molecule has 1 fully saturated rings. The summed E-state index contributed by atoms with van der Waals surface area (Å²) in [5, 5.41) is 0. The molecule has 2 heterocycles. The summed E-state index contributed by atoms with van der Waals surface area (Å²) >= 11 is 0. The average molecular weight is 233 g/mol. The Labute approximate surface area is 99.9 Å². The smallest absolute Gasteiger partial charge is 0.206 e. The van der Waals surface area contributed by atoms with Crippen LogP contribution in [0, 0.1) is 5.82 Å². The van der Waals surface area contributed by atoms with Crippen LogP contribution in [0.15, 0.2) is 18.2 Å². The van der Waals surface area contributed by atoms with Crippen LogP contribution in [-0.4, -0.2) is 22.6 Å². The Balaban J connectivity index is 2.07. The molecule has 0 spiro atoms. The molecule has 1 saturated heterocycles. The van der Waals surface area contributed by atoms with Crippen molar-refractivity contribution >= 4 is 17.0 Å². The van der Waals surface area contributed by atoms with Gasteiger partial charge in [0.2, 0.25) is 5.95 Å². The second-order valence-corrected chi connectivity index (χ2v) is 4.65. The van der Waals surface area contributed by atoms with E-state index < -0.39 is 0 Å². The van der Waals surface area contributed by atoms with E-state index in [1.807, 2.05) is 7.05 Å². The highest BCUT2D eigenvalue weighted by atomic mass is 19.1. The largest absolute Gasteiger partial charge is 0.342 e. The normalized spacial score (nSPS) is 16.7. The summed E-state index contributed by atoms with van der Waals surface area (Å²) in [6, 6.07) is 4.79. The second kappa shape index (κ2) is 4.02. The Bertz CT molecular complexity index is 541. The summed E-state index contributed by atoms with van der Waals surface area (Å²) in [4.78, 5) is 6.84. The molecule has 17 heavy (non-hydrogen) atoms. The molecule has 1 aliphatic heterocycles. The van der Waals surface area contributed by atoms with Gasteiger partial charge in [0, 0.05) is 26.2 Å². The number of fused-ring (bicyclic) bond motifs is 1. The number of halogens is 1. The Kier molecular flexibility index (Phi) is 2.50. The van der Waals surface area contributed by atoms with Crippen LogP contribution in [-0.2, 0) is 7.05 Å². The monoisotopic (exact) mass is 233 g/mol. The number of imidazole rings is 1. The molecule has 90 valence electrons. The van der Waals surface area contributed by atoms with Gasteiger partial charge in [-0.25, -0.2) is 9.37 Å². The number of anilines is 1. The SMILES string of the molecule is Cn1c(N2CCCCC2)nc2cc(F)ccc21. The summed E-state index contributed by atoms with van der Waals surface area (Å²) in [6.07, 6.45) is 3.74. The van der Waals surface area contributed by atoms with E-state index in [1.54, 1.807) is 6.07 Å². The molecule has 1 aliphatic rings. The Morgan fingerprint density at radius 1 is 1.18 bits per heavy atom. The summed E-state index contributed by atoms with van der Waals surface area (Å²) in [5.74, 6) is 0.742. The van der Waals surface area contributed by atoms with Gasteiger partial charge in [0.1, 0.15) is 5.82 Å². The molecule has 3 rings (SSSR count). The lowest BCUT2D eigenvalue weighted by atomic mass is 10.1. The van der Waals surface area contributed by atoms with Crippen molar-refractivity contribution in [2.24, 2.45) is 7.05 Å². The number of nitrogens with zero attached hydrogens (tertiary/aromatic N) is 3. The molecule has 0 saturated carbocycles. The summed E-state index contributed by atoms with van der Waals surface area (Å²) in [5.41, 5.74) is 1.74. The number of aromatic nitrogens is 2. The predicted molar refractivity (Wildman–Crippen MR) is 66.7 cm³/mol. The van der Waals surface area contributed by atoms with Crippen molar-refractivity contribution < 1.29 is 4.39 Å². The van der Waals surface area contributed by atoms with Gasteiger partial charge in [-0.15, -0.1) is 0 Å². The van der Waals surface area contributed by atoms with Crippen molar-refractivity contribution in [3.05, 3.63) is 24.0 Å². The molecular weight excluding hydrogens is 217 g/mol. The van der Waals surface area contributed by atoms with E-state index in [-0.39, 0.29) is 5.82 Å². The molecule has 3 nitrogen and oxygen atoms in total. The van der Waals surface area contributed by atoms with Crippen molar-refractivity contribution in [2.75, 3.05) is 18.0 Å². The quantitative estimate of drug-likeness (QED) is 0.755. The lowest BCUT2D eigenvalue weighted by molar-refractivity contribution is 0.563. The van der Waals surface area contributed by atoms with Crippen LogP contribution in [0.2, 0.25) is 0 Å². The van der Waals surface area contributed by atoms with E-state index in [2.05, 4.69) is 14.5 Å². The lowest BCUT2D eigenvalue weighted by Crippen LogP contribution is -2.31. The van der Waals surface area contributed by atoms with E-state index in [0.29, 0.717) is 0 Å². The van der Waals surface area contributed by atoms with Crippen molar-refractivity contribution in [1.82, 2.24) is 9.55 Å². The molecule has 0 unspecified atom stereocenters. The van der Waals surface area contributed by atoms with E-state index >= 15 is 0 Å². The van der Waals surface area contributed by atoms with Gasteiger partial charge in [0.25, 0.3) is 0 Å². The van der Waals surface area contributed by atoms with Crippen molar-refractivity contribution in [2.45, 2.75) is 19.3 Å². The zero-order valence-corrected chi connectivity index (χ0v) is 9.99. The molecule has 0 atom stereocenters. The molecule has 4 heteroatoms.